The van der Waals surface area contributed by atoms with Crippen LogP contribution in [0.4, 0.5) is 0 Å². The van der Waals surface area contributed by atoms with Gasteiger partial charge in [0.1, 0.15) is 11.3 Å². The molecule has 1 aromatic carbocycles. The lowest BCUT2D eigenvalue weighted by atomic mass is 10.3. The van der Waals surface area contributed by atoms with E-state index in [9.17, 15) is 9.59 Å². The summed E-state index contributed by atoms with van der Waals surface area (Å²) in [5.74, 6) is -0.862. The molecule has 0 saturated heterocycles. The first-order chi connectivity index (χ1) is 10.0. The summed E-state index contributed by atoms with van der Waals surface area (Å²) in [6.45, 7) is 0.348. The molecule has 0 fully saturated rings. The van der Waals surface area contributed by atoms with Gasteiger partial charge < -0.3 is 20.1 Å². The molecule has 0 spiro atoms. The number of methoxy groups -OCH3 is 1. The molecule has 0 saturated carbocycles. The molecule has 8 heteroatoms. The van der Waals surface area contributed by atoms with Gasteiger partial charge in [-0.05, 0) is 12.1 Å². The molecular weight excluding hydrogens is 294 g/mol. The van der Waals surface area contributed by atoms with Crippen LogP contribution in [-0.4, -0.2) is 39.4 Å². The van der Waals surface area contributed by atoms with Crippen molar-refractivity contribution in [2.24, 2.45) is 5.73 Å². The molecule has 7 nitrogen and oxygen atoms in total. The zero-order chi connectivity index (χ0) is 15.4. The maximum Gasteiger partial charge on any atom is 0.313 e. The van der Waals surface area contributed by atoms with Gasteiger partial charge in [-0.15, -0.1) is 0 Å². The molecule has 3 N–H and O–H groups in total. The average molecular weight is 309 g/mol. The number of aryl methyl sites for hydroxylation is 1. The van der Waals surface area contributed by atoms with Crippen molar-refractivity contribution in [1.29, 1.82) is 0 Å². The van der Waals surface area contributed by atoms with Gasteiger partial charge >= 0.3 is 5.97 Å². The smallest absolute Gasteiger partial charge is 0.313 e. The third kappa shape index (κ3) is 3.46. The van der Waals surface area contributed by atoms with E-state index in [0.29, 0.717) is 23.0 Å². The number of rotatable bonds is 7. The Morgan fingerprint density at radius 3 is 2.86 bits per heavy atom. The average Bonchev–Trinajstić information content (AvgIpc) is 2.80. The molecule has 0 radical (unpaired) electrons. The number of primary amides is 1. The third-order valence-corrected chi connectivity index (χ3v) is 3.79. The van der Waals surface area contributed by atoms with Gasteiger partial charge in [0.25, 0.3) is 0 Å². The van der Waals surface area contributed by atoms with Crippen LogP contribution in [0.15, 0.2) is 23.4 Å². The van der Waals surface area contributed by atoms with Crippen LogP contribution in [0.25, 0.3) is 11.0 Å². The van der Waals surface area contributed by atoms with Gasteiger partial charge in [-0.25, -0.2) is 4.98 Å². The van der Waals surface area contributed by atoms with Crippen molar-refractivity contribution in [1.82, 2.24) is 9.55 Å². The predicted molar refractivity (Wildman–Crippen MR) is 78.5 cm³/mol. The lowest BCUT2D eigenvalue weighted by Gasteiger charge is -2.07. The number of nitrogens with zero attached hydrogens (tertiary/aromatic N) is 2. The molecule has 1 aromatic heterocycles. The quantitative estimate of drug-likeness (QED) is 0.741. The minimum absolute atomic E-state index is 0.109. The minimum atomic E-state index is -0.930. The summed E-state index contributed by atoms with van der Waals surface area (Å²) < 4.78 is 7.04. The van der Waals surface area contributed by atoms with Crippen molar-refractivity contribution >= 4 is 34.7 Å². The highest BCUT2D eigenvalue weighted by Crippen LogP contribution is 2.30. The van der Waals surface area contributed by atoms with E-state index in [-0.39, 0.29) is 12.2 Å². The fraction of sp³-hybridized carbons (Fsp3) is 0.308. The Labute approximate surface area is 125 Å². The number of thioether (sulfide) groups is 1. The maximum absolute atomic E-state index is 11.0. The van der Waals surface area contributed by atoms with Crippen molar-refractivity contribution in [2.75, 3.05) is 12.9 Å². The summed E-state index contributed by atoms with van der Waals surface area (Å²) in [5, 5.41) is 9.33. The molecule has 0 aliphatic rings. The summed E-state index contributed by atoms with van der Waals surface area (Å²) in [6.07, 6.45) is 0.156. The number of carboxylic acids is 1. The van der Waals surface area contributed by atoms with Crippen LogP contribution in [-0.2, 0) is 16.1 Å². The number of fused-ring (bicyclic) bond motifs is 1. The summed E-state index contributed by atoms with van der Waals surface area (Å²) in [4.78, 5) is 26.1. The van der Waals surface area contributed by atoms with E-state index in [1.54, 1.807) is 17.7 Å². The van der Waals surface area contributed by atoms with E-state index in [4.69, 9.17) is 15.6 Å². The highest BCUT2D eigenvalue weighted by molar-refractivity contribution is 7.99. The first kappa shape index (κ1) is 15.2. The number of hydrogen-bond acceptors (Lipinski definition) is 5. The van der Waals surface area contributed by atoms with Crippen LogP contribution in [0.5, 0.6) is 5.75 Å². The van der Waals surface area contributed by atoms with Gasteiger partial charge in [-0.2, -0.15) is 0 Å². The maximum atomic E-state index is 11.0. The first-order valence-corrected chi connectivity index (χ1v) is 7.17. The van der Waals surface area contributed by atoms with E-state index in [2.05, 4.69) is 4.98 Å². The lowest BCUT2D eigenvalue weighted by Crippen LogP contribution is -2.14. The summed E-state index contributed by atoms with van der Waals surface area (Å²) in [5.41, 5.74) is 6.60. The van der Waals surface area contributed by atoms with Gasteiger partial charge in [0.2, 0.25) is 5.91 Å². The monoisotopic (exact) mass is 309 g/mol. The number of para-hydroxylation sites is 1. The highest BCUT2D eigenvalue weighted by atomic mass is 32.2. The largest absolute Gasteiger partial charge is 0.494 e. The van der Waals surface area contributed by atoms with Crippen molar-refractivity contribution in [3.05, 3.63) is 18.2 Å². The molecule has 0 aliphatic carbocycles. The van der Waals surface area contributed by atoms with Crippen LogP contribution in [0.3, 0.4) is 0 Å². The molecule has 112 valence electrons. The molecule has 21 heavy (non-hydrogen) atoms. The fourth-order valence-corrected chi connectivity index (χ4v) is 2.69. The minimum Gasteiger partial charge on any atom is -0.494 e. The Kier molecular flexibility index (Phi) is 4.69. The fourth-order valence-electron chi connectivity index (χ4n) is 1.94. The zero-order valence-corrected chi connectivity index (χ0v) is 12.2. The normalized spacial score (nSPS) is 10.7. The molecule has 0 bridgehead atoms. The molecule has 0 aliphatic heterocycles. The zero-order valence-electron chi connectivity index (χ0n) is 11.4. The lowest BCUT2D eigenvalue weighted by molar-refractivity contribution is -0.134. The Balaban J connectivity index is 2.45. The summed E-state index contributed by atoms with van der Waals surface area (Å²) in [6, 6.07) is 5.44. The van der Waals surface area contributed by atoms with Crippen molar-refractivity contribution in [3.8, 4) is 5.75 Å². The van der Waals surface area contributed by atoms with Crippen molar-refractivity contribution in [2.45, 2.75) is 18.1 Å². The Bertz CT molecular complexity index is 683. The number of nitrogens with two attached hydrogens (primary N) is 1. The summed E-state index contributed by atoms with van der Waals surface area (Å²) in [7, 11) is 1.54. The molecule has 2 aromatic rings. The number of carbonyl (C=O) groups excluding carboxylic acids is 1. The van der Waals surface area contributed by atoms with E-state index in [1.165, 1.54) is 0 Å². The van der Waals surface area contributed by atoms with Gasteiger partial charge in [0.15, 0.2) is 5.16 Å². The number of aliphatic carboxylic acids is 1. The summed E-state index contributed by atoms with van der Waals surface area (Å²) >= 11 is 1.10. The van der Waals surface area contributed by atoms with Gasteiger partial charge in [-0.1, -0.05) is 17.8 Å². The second kappa shape index (κ2) is 6.49. The Hall–Kier alpha value is -2.22. The van der Waals surface area contributed by atoms with E-state index in [0.717, 1.165) is 17.3 Å². The second-order valence-electron chi connectivity index (χ2n) is 4.27. The number of aromatic nitrogens is 2. The number of hydrogen-bond donors (Lipinski definition) is 2. The van der Waals surface area contributed by atoms with E-state index in [1.807, 2.05) is 12.1 Å². The van der Waals surface area contributed by atoms with Crippen molar-refractivity contribution < 1.29 is 19.4 Å². The molecule has 1 heterocycles. The first-order valence-electron chi connectivity index (χ1n) is 6.19. The van der Waals surface area contributed by atoms with Gasteiger partial charge in [-0.3, -0.25) is 9.59 Å². The number of imidazole rings is 1. The SMILES string of the molecule is COc1cccc2c1nc(SCC(=O)O)n2CCC(N)=O. The van der Waals surface area contributed by atoms with Crippen LogP contribution >= 0.6 is 11.8 Å². The number of amides is 1. The second-order valence-corrected chi connectivity index (χ2v) is 5.22. The van der Waals surface area contributed by atoms with Crippen LogP contribution in [0, 0.1) is 0 Å². The molecule has 0 unspecified atom stereocenters. The van der Waals surface area contributed by atoms with Crippen LogP contribution < -0.4 is 10.5 Å². The van der Waals surface area contributed by atoms with Gasteiger partial charge in [0, 0.05) is 13.0 Å². The number of benzene rings is 1. The number of carbonyl (C=O) groups is 2. The Morgan fingerprint density at radius 2 is 2.24 bits per heavy atom. The van der Waals surface area contributed by atoms with Crippen molar-refractivity contribution in [3.63, 3.8) is 0 Å². The highest BCUT2D eigenvalue weighted by Gasteiger charge is 2.15. The van der Waals surface area contributed by atoms with E-state index >= 15 is 0 Å². The molecule has 0 atom stereocenters. The standard InChI is InChI=1S/C13H15N3O4S/c1-20-9-4-2-3-8-12(9)15-13(21-7-11(18)19)16(8)6-5-10(14)17/h2-4H,5-7H2,1H3,(H2,14,17)(H,18,19). The molecular formula is C13H15N3O4S. The third-order valence-electron chi connectivity index (χ3n) is 2.83. The number of carboxylic acid groups (broad SMARTS) is 1. The van der Waals surface area contributed by atoms with Gasteiger partial charge in [0.05, 0.1) is 18.4 Å². The molecule has 2 rings (SSSR count). The topological polar surface area (TPSA) is 107 Å². The van der Waals surface area contributed by atoms with E-state index < -0.39 is 11.9 Å². The van der Waals surface area contributed by atoms with Crippen LogP contribution in [0.1, 0.15) is 6.42 Å². The Morgan fingerprint density at radius 1 is 1.48 bits per heavy atom. The predicted octanol–water partition coefficient (Wildman–Crippen LogP) is 1.10. The van der Waals surface area contributed by atoms with Crippen LogP contribution in [0.2, 0.25) is 0 Å². The molecule has 1 amide bonds. The number of ether oxygens (including phenoxy) is 1.